The van der Waals surface area contributed by atoms with Gasteiger partial charge in [-0.1, -0.05) is 57.2 Å². The Kier molecular flexibility index (Phi) is 15.8. The molecule has 4 fully saturated rings. The molecule has 4 aliphatic rings. The monoisotopic (exact) mass is 825 g/mol. The summed E-state index contributed by atoms with van der Waals surface area (Å²) in [5.74, 6) is 0.674. The molecule has 4 aliphatic carbocycles. The van der Waals surface area contributed by atoms with Crippen LogP contribution in [0.25, 0.3) is 28.1 Å². The van der Waals surface area contributed by atoms with Gasteiger partial charge in [0.1, 0.15) is 5.82 Å². The minimum absolute atomic E-state index is 0. The molecule has 7 rings (SSSR count). The van der Waals surface area contributed by atoms with Crippen LogP contribution in [0.5, 0.6) is 0 Å². The first-order chi connectivity index (χ1) is 27.4. The first-order valence-corrected chi connectivity index (χ1v) is 21.7. The van der Waals surface area contributed by atoms with Gasteiger partial charge in [-0.05, 0) is 148 Å². The van der Waals surface area contributed by atoms with Crippen LogP contribution in [0.2, 0.25) is 0 Å². The van der Waals surface area contributed by atoms with Crippen molar-refractivity contribution in [2.45, 2.75) is 142 Å². The molecule has 0 unspecified atom stereocenters. The van der Waals surface area contributed by atoms with Gasteiger partial charge in [-0.2, -0.15) is 0 Å². The minimum Gasteiger partial charge on any atom is -0.550 e. The summed E-state index contributed by atoms with van der Waals surface area (Å²) in [7, 11) is 0. The molecule has 9 nitrogen and oxygen atoms in total. The number of carbonyl (C=O) groups excluding carboxylic acids is 1. The molecule has 12 atom stereocenters. The summed E-state index contributed by atoms with van der Waals surface area (Å²) >= 11 is 0. The molecule has 0 amide bonds. The quantitative estimate of drug-likeness (QED) is 0.163. The van der Waals surface area contributed by atoms with Crippen molar-refractivity contribution < 1.29 is 74.2 Å². The van der Waals surface area contributed by atoms with Crippen LogP contribution in [0.15, 0.2) is 54.6 Å². The Morgan fingerprint density at radius 3 is 2.25 bits per heavy atom. The standard InChI is InChI=1S/C24H26FNO4.C24H40O4.Na/c1-15(2)26-21-6-4-3-5-20(21)24(16-7-9-17(25)10-8-16)22(26)12-11-18(27)13-19(28)14-23(29)30;1-14(4-7-21(27)28)17-5-6-18-22-19(9-11-24(17,18)3)23(2)10-8-16(25)12-15(23)13-20(22)26;/h3-12,15,18-19,27-28H,13-14H2,1-2H3,(H,29,30);14-20,22,25-26H,4-13H2,1-3H3,(H,27,28);/q;;+1/p-1/b12-11+;;/t18-,19-;14-,15+,16-,17-,18+,19+,20+,22+,23+,24-;/m01./s1. The van der Waals surface area contributed by atoms with Crippen molar-refractivity contribution in [2.75, 3.05) is 0 Å². The van der Waals surface area contributed by atoms with Gasteiger partial charge >= 0.3 is 35.5 Å². The van der Waals surface area contributed by atoms with E-state index in [0.717, 1.165) is 59.8 Å². The van der Waals surface area contributed by atoms with Gasteiger partial charge in [-0.25, -0.2) is 4.39 Å². The van der Waals surface area contributed by atoms with Crippen LogP contribution in [-0.4, -0.2) is 66.5 Å². The van der Waals surface area contributed by atoms with Gasteiger partial charge in [-0.15, -0.1) is 0 Å². The predicted octanol–water partition coefficient (Wildman–Crippen LogP) is 4.78. The fraction of sp³-hybridized carbons (Fsp3) is 0.625. The number of carboxylic acids is 2. The minimum atomic E-state index is -1.36. The Bertz CT molecular complexity index is 1930. The van der Waals surface area contributed by atoms with Crippen molar-refractivity contribution in [1.29, 1.82) is 0 Å². The van der Waals surface area contributed by atoms with E-state index in [-0.39, 0.29) is 77.3 Å². The fourth-order valence-corrected chi connectivity index (χ4v) is 12.5. The molecule has 0 saturated heterocycles. The number of hydrogen-bond donors (Lipinski definition) is 5. The zero-order valence-electron chi connectivity index (χ0n) is 35.9. The van der Waals surface area contributed by atoms with Crippen LogP contribution in [-0.2, 0) is 9.59 Å². The van der Waals surface area contributed by atoms with E-state index in [1.807, 2.05) is 24.3 Å². The fourth-order valence-electron chi connectivity index (χ4n) is 12.5. The molecule has 318 valence electrons. The van der Waals surface area contributed by atoms with E-state index in [1.54, 1.807) is 24.3 Å². The Labute approximate surface area is 371 Å². The van der Waals surface area contributed by atoms with Crippen LogP contribution in [0.4, 0.5) is 4.39 Å². The zero-order chi connectivity index (χ0) is 42.1. The van der Waals surface area contributed by atoms with Gasteiger partial charge in [0.2, 0.25) is 0 Å². The number of nitrogens with zero attached hydrogens (tertiary/aromatic N) is 1. The molecule has 0 radical (unpaired) electrons. The number of aromatic nitrogens is 1. The second-order valence-corrected chi connectivity index (χ2v) is 19.0. The van der Waals surface area contributed by atoms with Gasteiger partial charge in [-0.3, -0.25) is 4.79 Å². The van der Waals surface area contributed by atoms with E-state index < -0.39 is 30.6 Å². The number of aliphatic hydroxyl groups excluding tert-OH is 4. The number of carbonyl (C=O) groups is 2. The number of para-hydroxylation sites is 1. The Hall–Kier alpha value is -2.57. The maximum absolute atomic E-state index is 13.5. The van der Waals surface area contributed by atoms with E-state index in [1.165, 1.54) is 37.8 Å². The molecule has 59 heavy (non-hydrogen) atoms. The average Bonchev–Trinajstić information content (AvgIpc) is 3.69. The summed E-state index contributed by atoms with van der Waals surface area (Å²) < 4.78 is 15.6. The first-order valence-electron chi connectivity index (χ1n) is 21.7. The third kappa shape index (κ3) is 10.1. The molecule has 1 heterocycles. The van der Waals surface area contributed by atoms with Crippen LogP contribution in [0.1, 0.15) is 123 Å². The van der Waals surface area contributed by atoms with Crippen molar-refractivity contribution in [3.05, 3.63) is 66.1 Å². The largest absolute Gasteiger partial charge is 1.00 e. The van der Waals surface area contributed by atoms with Crippen molar-refractivity contribution in [1.82, 2.24) is 4.57 Å². The molecule has 11 heteroatoms. The zero-order valence-corrected chi connectivity index (χ0v) is 37.9. The summed E-state index contributed by atoms with van der Waals surface area (Å²) in [4.78, 5) is 21.7. The average molecular weight is 826 g/mol. The molecule has 0 spiro atoms. The summed E-state index contributed by atoms with van der Waals surface area (Å²) in [6.45, 7) is 11.3. The van der Waals surface area contributed by atoms with E-state index in [4.69, 9.17) is 5.11 Å². The van der Waals surface area contributed by atoms with Gasteiger partial charge in [0, 0.05) is 53.4 Å². The van der Waals surface area contributed by atoms with Crippen LogP contribution >= 0.6 is 0 Å². The molecule has 0 aliphatic heterocycles. The third-order valence-corrected chi connectivity index (χ3v) is 15.2. The second-order valence-electron chi connectivity index (χ2n) is 19.0. The molecular formula is C48H65FNNaO8. The van der Waals surface area contributed by atoms with Crippen molar-refractivity contribution in [3.8, 4) is 11.1 Å². The van der Waals surface area contributed by atoms with Crippen LogP contribution in [0, 0.1) is 52.2 Å². The topological polar surface area (TPSA) is 163 Å². The molecule has 4 saturated carbocycles. The van der Waals surface area contributed by atoms with Gasteiger partial charge < -0.3 is 40.0 Å². The Morgan fingerprint density at radius 2 is 1.59 bits per heavy atom. The van der Waals surface area contributed by atoms with Crippen molar-refractivity contribution in [3.63, 3.8) is 0 Å². The van der Waals surface area contributed by atoms with E-state index in [2.05, 4.69) is 39.2 Å². The molecule has 0 bridgehead atoms. The Balaban J connectivity index is 0.000000221. The molecule has 2 aromatic carbocycles. The van der Waals surface area contributed by atoms with Crippen molar-refractivity contribution >= 4 is 28.9 Å². The summed E-state index contributed by atoms with van der Waals surface area (Å²) in [5, 5.41) is 62.2. The van der Waals surface area contributed by atoms with Crippen LogP contribution < -0.4 is 34.7 Å². The number of aliphatic hydroxyl groups is 4. The number of rotatable bonds is 12. The number of carboxylic acid groups (broad SMARTS) is 2. The van der Waals surface area contributed by atoms with E-state index in [9.17, 15) is 39.5 Å². The Morgan fingerprint density at radius 1 is 0.932 bits per heavy atom. The second kappa shape index (κ2) is 19.6. The SMILES string of the molecule is CC(C)n1c(/C=C/[C@H](O)C[C@H](O)CC(=O)[O-])c(-c2ccc(F)cc2)c2ccccc21.C[C@H](CCC(=O)O)[C@H]1CC[C@H]2[C@@H]3[C@@H](O)C[C@@H]4C[C@H](O)CC[C@]4(C)[C@H]3CC[C@]12C.[Na+]. The number of benzene rings is 2. The van der Waals surface area contributed by atoms with Crippen molar-refractivity contribution in [2.24, 2.45) is 46.3 Å². The van der Waals surface area contributed by atoms with E-state index in [0.29, 0.717) is 35.5 Å². The number of halogens is 1. The maximum atomic E-state index is 13.5. The van der Waals surface area contributed by atoms with Gasteiger partial charge in [0.15, 0.2) is 0 Å². The number of aliphatic carboxylic acids is 2. The van der Waals surface area contributed by atoms with Gasteiger partial charge in [0.25, 0.3) is 0 Å². The third-order valence-electron chi connectivity index (χ3n) is 15.2. The first kappa shape index (κ1) is 47.5. The predicted molar refractivity (Wildman–Crippen MR) is 222 cm³/mol. The molecule has 5 N–H and O–H groups in total. The number of hydrogen-bond acceptors (Lipinski definition) is 7. The molecule has 3 aromatic rings. The summed E-state index contributed by atoms with van der Waals surface area (Å²) in [5.41, 5.74) is 4.13. The molecular weight excluding hydrogens is 761 g/mol. The smallest absolute Gasteiger partial charge is 0.550 e. The molecule has 1 aromatic heterocycles. The normalized spacial score (nSPS) is 31.6. The van der Waals surface area contributed by atoms with Gasteiger partial charge in [0.05, 0.1) is 24.4 Å². The summed E-state index contributed by atoms with van der Waals surface area (Å²) in [6.07, 6.45) is 9.64. The van der Waals surface area contributed by atoms with E-state index >= 15 is 0 Å². The number of fused-ring (bicyclic) bond motifs is 6. The van der Waals surface area contributed by atoms with Crippen LogP contribution in [0.3, 0.4) is 0 Å². The summed E-state index contributed by atoms with van der Waals surface area (Å²) in [6, 6.07) is 14.3. The maximum Gasteiger partial charge on any atom is 1.00 e.